The number of alkyl carbamates (subject to hydrolysis) is 1. The van der Waals surface area contributed by atoms with Gasteiger partial charge in [-0.15, -0.1) is 0 Å². The standard InChI is InChI=1S/C29H37N3O6/c1-19(23-15-9-10-16-23)30-26(33)20(2)31-27(34)25(24(28(35)36)17-21-11-5-3-6-12-21)32-29(37)38-18-22-13-7-4-8-14-22/h3-8,11-14,19-20,23-25H,9-10,15-18H2,1-2H3,(H,30,33)(H,31,34)(H,32,37)(H,35,36)/t19-,20-,24+,25+/m1/s1. The summed E-state index contributed by atoms with van der Waals surface area (Å²) in [6.07, 6.45) is 3.45. The van der Waals surface area contributed by atoms with Gasteiger partial charge in [-0.25, -0.2) is 4.79 Å². The zero-order valence-corrected chi connectivity index (χ0v) is 21.9. The van der Waals surface area contributed by atoms with E-state index >= 15 is 0 Å². The molecule has 204 valence electrons. The first-order chi connectivity index (χ1) is 18.2. The molecule has 3 rings (SSSR count). The van der Waals surface area contributed by atoms with Gasteiger partial charge in [0, 0.05) is 6.04 Å². The van der Waals surface area contributed by atoms with Crippen molar-refractivity contribution in [1.29, 1.82) is 0 Å². The van der Waals surface area contributed by atoms with Gasteiger partial charge in [-0.1, -0.05) is 73.5 Å². The molecule has 0 radical (unpaired) electrons. The van der Waals surface area contributed by atoms with E-state index in [1.807, 2.05) is 13.0 Å². The summed E-state index contributed by atoms with van der Waals surface area (Å²) < 4.78 is 5.25. The molecule has 1 fully saturated rings. The van der Waals surface area contributed by atoms with E-state index in [1.165, 1.54) is 6.92 Å². The molecule has 4 atom stereocenters. The van der Waals surface area contributed by atoms with E-state index in [1.54, 1.807) is 54.6 Å². The molecule has 1 aliphatic carbocycles. The van der Waals surface area contributed by atoms with E-state index < -0.39 is 36.0 Å². The van der Waals surface area contributed by atoms with Crippen molar-refractivity contribution in [1.82, 2.24) is 16.0 Å². The Labute approximate surface area is 223 Å². The average molecular weight is 524 g/mol. The maximum Gasteiger partial charge on any atom is 0.408 e. The number of rotatable bonds is 12. The van der Waals surface area contributed by atoms with Crippen LogP contribution in [-0.4, -0.2) is 47.1 Å². The Morgan fingerprint density at radius 2 is 1.42 bits per heavy atom. The summed E-state index contributed by atoms with van der Waals surface area (Å²) in [5.74, 6) is -3.30. The van der Waals surface area contributed by atoms with Gasteiger partial charge in [0.2, 0.25) is 11.8 Å². The fourth-order valence-electron chi connectivity index (χ4n) is 4.75. The highest BCUT2D eigenvalue weighted by Crippen LogP contribution is 2.27. The predicted octanol–water partition coefficient (Wildman–Crippen LogP) is 3.42. The number of nitrogens with one attached hydrogen (secondary N) is 3. The van der Waals surface area contributed by atoms with Crippen LogP contribution in [0.15, 0.2) is 60.7 Å². The van der Waals surface area contributed by atoms with Gasteiger partial charge in [0.15, 0.2) is 0 Å². The molecule has 0 bridgehead atoms. The van der Waals surface area contributed by atoms with Crippen molar-refractivity contribution < 1.29 is 29.0 Å². The highest BCUT2D eigenvalue weighted by molar-refractivity contribution is 5.94. The van der Waals surface area contributed by atoms with Crippen molar-refractivity contribution in [2.45, 2.75) is 70.7 Å². The maximum atomic E-state index is 13.3. The third kappa shape index (κ3) is 8.61. The van der Waals surface area contributed by atoms with E-state index in [0.717, 1.165) is 31.2 Å². The molecule has 1 aliphatic rings. The van der Waals surface area contributed by atoms with Crippen LogP contribution in [0.1, 0.15) is 50.7 Å². The van der Waals surface area contributed by atoms with Crippen LogP contribution >= 0.6 is 0 Å². The summed E-state index contributed by atoms with van der Waals surface area (Å²) in [7, 11) is 0. The Balaban J connectivity index is 1.70. The van der Waals surface area contributed by atoms with Crippen LogP contribution in [0.5, 0.6) is 0 Å². The van der Waals surface area contributed by atoms with E-state index in [4.69, 9.17) is 4.74 Å². The molecular weight excluding hydrogens is 486 g/mol. The Morgan fingerprint density at radius 1 is 0.842 bits per heavy atom. The molecular formula is C29H37N3O6. The van der Waals surface area contributed by atoms with Crippen molar-refractivity contribution in [3.63, 3.8) is 0 Å². The minimum atomic E-state index is -1.47. The van der Waals surface area contributed by atoms with Crippen molar-refractivity contribution in [2.75, 3.05) is 0 Å². The lowest BCUT2D eigenvalue weighted by Crippen LogP contribution is -2.57. The highest BCUT2D eigenvalue weighted by atomic mass is 16.5. The third-order valence-corrected chi connectivity index (χ3v) is 7.02. The fraction of sp³-hybridized carbons (Fsp3) is 0.448. The van der Waals surface area contributed by atoms with Crippen molar-refractivity contribution in [3.05, 3.63) is 71.8 Å². The number of aliphatic carboxylic acids is 1. The van der Waals surface area contributed by atoms with Crippen LogP contribution < -0.4 is 16.0 Å². The molecule has 9 heteroatoms. The lowest BCUT2D eigenvalue weighted by Gasteiger charge is -2.27. The number of amides is 3. The predicted molar refractivity (Wildman–Crippen MR) is 142 cm³/mol. The quantitative estimate of drug-likeness (QED) is 0.337. The minimum absolute atomic E-state index is 0.00742. The zero-order valence-electron chi connectivity index (χ0n) is 21.9. The van der Waals surface area contributed by atoms with Gasteiger partial charge in [-0.2, -0.15) is 0 Å². The van der Waals surface area contributed by atoms with Gasteiger partial charge < -0.3 is 25.8 Å². The molecule has 2 aromatic rings. The van der Waals surface area contributed by atoms with E-state index in [9.17, 15) is 24.3 Å². The van der Waals surface area contributed by atoms with Crippen LogP contribution in [-0.2, 0) is 32.1 Å². The van der Waals surface area contributed by atoms with E-state index in [2.05, 4.69) is 16.0 Å². The minimum Gasteiger partial charge on any atom is -0.481 e. The van der Waals surface area contributed by atoms with Crippen LogP contribution in [0.25, 0.3) is 0 Å². The van der Waals surface area contributed by atoms with Crippen molar-refractivity contribution in [2.24, 2.45) is 11.8 Å². The molecule has 38 heavy (non-hydrogen) atoms. The Bertz CT molecular complexity index is 1070. The number of carbonyl (C=O) groups excluding carboxylic acids is 3. The second kappa shape index (κ2) is 14.2. The second-order valence-electron chi connectivity index (χ2n) is 9.89. The van der Waals surface area contributed by atoms with Gasteiger partial charge in [-0.3, -0.25) is 14.4 Å². The van der Waals surface area contributed by atoms with Gasteiger partial charge in [-0.05, 0) is 50.2 Å². The molecule has 0 spiro atoms. The largest absolute Gasteiger partial charge is 0.481 e. The van der Waals surface area contributed by atoms with Crippen LogP contribution in [0, 0.1) is 11.8 Å². The monoisotopic (exact) mass is 523 g/mol. The topological polar surface area (TPSA) is 134 Å². The smallest absolute Gasteiger partial charge is 0.408 e. The van der Waals surface area contributed by atoms with Gasteiger partial charge in [0.05, 0.1) is 5.92 Å². The van der Waals surface area contributed by atoms with Crippen molar-refractivity contribution >= 4 is 23.9 Å². The highest BCUT2D eigenvalue weighted by Gasteiger charge is 2.37. The number of hydrogen-bond acceptors (Lipinski definition) is 5. The lowest BCUT2D eigenvalue weighted by molar-refractivity contribution is -0.145. The molecule has 9 nitrogen and oxygen atoms in total. The first-order valence-corrected chi connectivity index (χ1v) is 13.1. The number of hydrogen-bond donors (Lipinski definition) is 4. The van der Waals surface area contributed by atoms with E-state index in [-0.39, 0.29) is 25.0 Å². The summed E-state index contributed by atoms with van der Waals surface area (Å²) in [6, 6.07) is 15.4. The molecule has 0 heterocycles. The molecule has 0 unspecified atom stereocenters. The molecule has 0 aliphatic heterocycles. The number of carboxylic acids is 1. The fourth-order valence-corrected chi connectivity index (χ4v) is 4.75. The number of ether oxygens (including phenoxy) is 1. The summed E-state index contributed by atoms with van der Waals surface area (Å²) in [4.78, 5) is 51.0. The SMILES string of the molecule is C[C@@H](NC(=O)[C@@H](NC(=O)OCc1ccccc1)[C@H](Cc1ccccc1)C(=O)O)C(=O)N[C@H](C)C1CCCC1. The first kappa shape index (κ1) is 28.7. The Kier molecular flexibility index (Phi) is 10.7. The summed E-state index contributed by atoms with van der Waals surface area (Å²) in [5, 5.41) is 18.0. The molecule has 4 N–H and O–H groups in total. The van der Waals surface area contributed by atoms with Crippen LogP contribution in [0.4, 0.5) is 4.79 Å². The summed E-state index contributed by atoms with van der Waals surface area (Å²) >= 11 is 0. The van der Waals surface area contributed by atoms with E-state index in [0.29, 0.717) is 11.5 Å². The molecule has 0 saturated heterocycles. The number of carbonyl (C=O) groups is 4. The Morgan fingerprint density at radius 3 is 2.00 bits per heavy atom. The number of carboxylic acid groups (broad SMARTS) is 1. The summed E-state index contributed by atoms with van der Waals surface area (Å²) in [6.45, 7) is 3.44. The van der Waals surface area contributed by atoms with Gasteiger partial charge >= 0.3 is 12.1 Å². The lowest BCUT2D eigenvalue weighted by atomic mass is 9.91. The first-order valence-electron chi connectivity index (χ1n) is 13.1. The van der Waals surface area contributed by atoms with Crippen molar-refractivity contribution in [3.8, 4) is 0 Å². The molecule has 0 aromatic heterocycles. The van der Waals surface area contributed by atoms with Gasteiger partial charge in [0.25, 0.3) is 0 Å². The third-order valence-electron chi connectivity index (χ3n) is 7.02. The molecule has 2 aromatic carbocycles. The maximum absolute atomic E-state index is 13.3. The second-order valence-corrected chi connectivity index (χ2v) is 9.89. The molecule has 3 amide bonds. The van der Waals surface area contributed by atoms with Gasteiger partial charge in [0.1, 0.15) is 18.7 Å². The van der Waals surface area contributed by atoms with Crippen LogP contribution in [0.2, 0.25) is 0 Å². The normalized spacial score (nSPS) is 16.5. The summed E-state index contributed by atoms with van der Waals surface area (Å²) in [5.41, 5.74) is 1.43. The Hall–Kier alpha value is -3.88. The number of benzene rings is 2. The zero-order chi connectivity index (χ0) is 27.5. The van der Waals surface area contributed by atoms with Crippen LogP contribution in [0.3, 0.4) is 0 Å². The molecule has 1 saturated carbocycles. The average Bonchev–Trinajstić information content (AvgIpc) is 3.46.